The number of nitrogens with zero attached hydrogens (tertiary/aromatic N) is 1. The number of nitrogens with one attached hydrogen (secondary N) is 2. The van der Waals surface area contributed by atoms with Crippen molar-refractivity contribution >= 4 is 62.1 Å². The Balaban J connectivity index is 2.08. The first-order valence-corrected chi connectivity index (χ1v) is 7.77. The van der Waals surface area contributed by atoms with Crippen molar-refractivity contribution in [2.75, 3.05) is 5.32 Å². The van der Waals surface area contributed by atoms with Crippen molar-refractivity contribution in [3.05, 3.63) is 67.6 Å². The van der Waals surface area contributed by atoms with E-state index in [1.54, 1.807) is 24.3 Å². The van der Waals surface area contributed by atoms with E-state index in [0.717, 1.165) is 0 Å². The number of carbonyl (C=O) groups is 1. The van der Waals surface area contributed by atoms with Crippen LogP contribution in [0.2, 0.25) is 5.02 Å². The zero-order chi connectivity index (χ0) is 17.0. The molecule has 0 saturated heterocycles. The van der Waals surface area contributed by atoms with Gasteiger partial charge in [-0.1, -0.05) is 23.7 Å². The molecule has 0 aliphatic carbocycles. The Morgan fingerprint density at radius 3 is 2.61 bits per heavy atom. The molecule has 0 saturated carbocycles. The second kappa shape index (κ2) is 7.49. The molecule has 0 fully saturated rings. The molecule has 2 aromatic carbocycles. The molecule has 23 heavy (non-hydrogen) atoms. The third kappa shape index (κ3) is 4.47. The molecule has 0 aliphatic rings. The van der Waals surface area contributed by atoms with Gasteiger partial charge in [-0.3, -0.25) is 20.2 Å². The van der Waals surface area contributed by atoms with E-state index >= 15 is 0 Å². The summed E-state index contributed by atoms with van der Waals surface area (Å²) in [4.78, 5) is 22.3. The summed E-state index contributed by atoms with van der Waals surface area (Å²) < 4.78 is 0.627. The van der Waals surface area contributed by atoms with Crippen LogP contribution in [0.15, 0.2) is 46.9 Å². The first-order valence-electron chi connectivity index (χ1n) is 6.19. The van der Waals surface area contributed by atoms with Gasteiger partial charge in [0.15, 0.2) is 5.11 Å². The maximum Gasteiger partial charge on any atom is 0.289 e. The van der Waals surface area contributed by atoms with Crippen molar-refractivity contribution in [1.29, 1.82) is 0 Å². The molecule has 0 aromatic heterocycles. The molecule has 1 amide bonds. The number of carbonyl (C=O) groups excluding carboxylic acids is 1. The number of hydrogen-bond acceptors (Lipinski definition) is 4. The van der Waals surface area contributed by atoms with E-state index in [2.05, 4.69) is 26.6 Å². The van der Waals surface area contributed by atoms with Gasteiger partial charge in [-0.15, -0.1) is 0 Å². The lowest BCUT2D eigenvalue weighted by atomic mass is 10.2. The molecule has 0 spiro atoms. The molecule has 9 heteroatoms. The standard InChI is InChI=1S/C14H9BrClN3O3S/c15-10-4-2-1-3-9(10)13(20)18-14(23)17-8-5-6-11(16)12(7-8)19(21)22/h1-7H,(H2,17,18,20,23). The Labute approximate surface area is 150 Å². The molecule has 118 valence electrons. The summed E-state index contributed by atoms with van der Waals surface area (Å²) >= 11 is 14.0. The normalized spacial score (nSPS) is 10.0. The van der Waals surface area contributed by atoms with Gasteiger partial charge >= 0.3 is 0 Å². The van der Waals surface area contributed by atoms with Gasteiger partial charge in [0, 0.05) is 16.2 Å². The lowest BCUT2D eigenvalue weighted by Crippen LogP contribution is -2.34. The molecule has 0 aliphatic heterocycles. The van der Waals surface area contributed by atoms with Crippen molar-refractivity contribution in [2.24, 2.45) is 0 Å². The monoisotopic (exact) mass is 413 g/mol. The largest absolute Gasteiger partial charge is 0.332 e. The molecule has 6 nitrogen and oxygen atoms in total. The molecular weight excluding hydrogens is 406 g/mol. The Kier molecular flexibility index (Phi) is 5.64. The SMILES string of the molecule is O=C(NC(=S)Nc1ccc(Cl)c([N+](=O)[O-])c1)c1ccccc1Br. The molecular formula is C14H9BrClN3O3S. The van der Waals surface area contributed by atoms with Crippen LogP contribution in [-0.2, 0) is 0 Å². The predicted octanol–water partition coefficient (Wildman–Crippen LogP) is 4.14. The second-order valence-electron chi connectivity index (χ2n) is 4.31. The van der Waals surface area contributed by atoms with E-state index in [9.17, 15) is 14.9 Å². The third-order valence-electron chi connectivity index (χ3n) is 2.75. The molecule has 0 bridgehead atoms. The van der Waals surface area contributed by atoms with E-state index < -0.39 is 10.8 Å². The minimum atomic E-state index is -0.601. The van der Waals surface area contributed by atoms with Crippen LogP contribution in [0.5, 0.6) is 0 Å². The summed E-state index contributed by atoms with van der Waals surface area (Å²) in [6, 6.07) is 11.0. The van der Waals surface area contributed by atoms with Crippen molar-refractivity contribution in [2.45, 2.75) is 0 Å². The molecule has 2 rings (SSSR count). The van der Waals surface area contributed by atoms with Crippen LogP contribution in [0.25, 0.3) is 0 Å². The zero-order valence-electron chi connectivity index (χ0n) is 11.4. The Hall–Kier alpha value is -2.03. The van der Waals surface area contributed by atoms with Gasteiger partial charge < -0.3 is 5.32 Å². The van der Waals surface area contributed by atoms with Crippen LogP contribution in [0.1, 0.15) is 10.4 Å². The maximum absolute atomic E-state index is 12.1. The number of halogens is 2. The lowest BCUT2D eigenvalue weighted by molar-refractivity contribution is -0.384. The zero-order valence-corrected chi connectivity index (χ0v) is 14.5. The van der Waals surface area contributed by atoms with Crippen molar-refractivity contribution in [3.63, 3.8) is 0 Å². The summed E-state index contributed by atoms with van der Waals surface area (Å²) in [7, 11) is 0. The van der Waals surface area contributed by atoms with Crippen molar-refractivity contribution < 1.29 is 9.72 Å². The summed E-state index contributed by atoms with van der Waals surface area (Å²) in [6.45, 7) is 0. The van der Waals surface area contributed by atoms with Gasteiger partial charge in [0.2, 0.25) is 0 Å². The Morgan fingerprint density at radius 2 is 1.96 bits per heavy atom. The van der Waals surface area contributed by atoms with Gasteiger partial charge in [-0.25, -0.2) is 0 Å². The molecule has 2 aromatic rings. The molecule has 0 heterocycles. The summed E-state index contributed by atoms with van der Waals surface area (Å²) in [5.41, 5.74) is 0.508. The van der Waals surface area contributed by atoms with Crippen LogP contribution in [0.4, 0.5) is 11.4 Å². The number of rotatable bonds is 3. The number of hydrogen-bond donors (Lipinski definition) is 2. The van der Waals surface area contributed by atoms with Crippen LogP contribution in [-0.4, -0.2) is 15.9 Å². The Bertz CT molecular complexity index is 801. The van der Waals surface area contributed by atoms with E-state index in [4.69, 9.17) is 23.8 Å². The van der Waals surface area contributed by atoms with Gasteiger partial charge in [-0.2, -0.15) is 0 Å². The summed E-state index contributed by atoms with van der Waals surface area (Å²) in [6.07, 6.45) is 0. The van der Waals surface area contributed by atoms with Gasteiger partial charge in [-0.05, 0) is 52.4 Å². The minimum Gasteiger partial charge on any atom is -0.332 e. The summed E-state index contributed by atoms with van der Waals surface area (Å²) in [5.74, 6) is -0.404. The van der Waals surface area contributed by atoms with Crippen molar-refractivity contribution in [1.82, 2.24) is 5.32 Å². The molecule has 0 radical (unpaired) electrons. The fourth-order valence-corrected chi connectivity index (χ4v) is 2.57. The molecule has 2 N–H and O–H groups in total. The highest BCUT2D eigenvalue weighted by Crippen LogP contribution is 2.27. The fourth-order valence-electron chi connectivity index (χ4n) is 1.71. The van der Waals surface area contributed by atoms with E-state index in [0.29, 0.717) is 15.7 Å². The summed E-state index contributed by atoms with van der Waals surface area (Å²) in [5, 5.41) is 16.1. The highest BCUT2D eigenvalue weighted by molar-refractivity contribution is 9.10. The van der Waals surface area contributed by atoms with Gasteiger partial charge in [0.25, 0.3) is 11.6 Å². The van der Waals surface area contributed by atoms with Crippen molar-refractivity contribution in [3.8, 4) is 0 Å². The van der Waals surface area contributed by atoms with E-state index in [1.165, 1.54) is 18.2 Å². The second-order valence-corrected chi connectivity index (χ2v) is 5.98. The minimum absolute atomic E-state index is 0.0161. The topological polar surface area (TPSA) is 84.3 Å². The lowest BCUT2D eigenvalue weighted by Gasteiger charge is -2.10. The molecule has 0 atom stereocenters. The van der Waals surface area contributed by atoms with Crippen LogP contribution in [0.3, 0.4) is 0 Å². The van der Waals surface area contributed by atoms with Crippen LogP contribution >= 0.6 is 39.7 Å². The number of benzene rings is 2. The van der Waals surface area contributed by atoms with E-state index in [1.807, 2.05) is 0 Å². The quantitative estimate of drug-likeness (QED) is 0.448. The van der Waals surface area contributed by atoms with E-state index in [-0.39, 0.29) is 15.8 Å². The smallest absolute Gasteiger partial charge is 0.289 e. The molecule has 0 unspecified atom stereocenters. The first kappa shape index (κ1) is 17.3. The highest BCUT2D eigenvalue weighted by Gasteiger charge is 2.14. The number of nitro benzene ring substituents is 1. The van der Waals surface area contributed by atoms with Crippen LogP contribution in [0, 0.1) is 10.1 Å². The maximum atomic E-state index is 12.1. The average molecular weight is 415 g/mol. The number of amides is 1. The third-order valence-corrected chi connectivity index (χ3v) is 3.96. The fraction of sp³-hybridized carbons (Fsp3) is 0. The van der Waals surface area contributed by atoms with Crippen LogP contribution < -0.4 is 10.6 Å². The number of thiocarbonyl (C=S) groups is 1. The predicted molar refractivity (Wildman–Crippen MR) is 95.9 cm³/mol. The van der Waals surface area contributed by atoms with Gasteiger partial charge in [0.1, 0.15) is 5.02 Å². The first-order chi connectivity index (χ1) is 10.9. The number of nitro groups is 1. The number of anilines is 1. The average Bonchev–Trinajstić information content (AvgIpc) is 2.49. The van der Waals surface area contributed by atoms with Gasteiger partial charge in [0.05, 0.1) is 10.5 Å². The highest BCUT2D eigenvalue weighted by atomic mass is 79.9. The Morgan fingerprint density at radius 1 is 1.26 bits per heavy atom.